The molecule has 5 heteroatoms. The number of pyridine rings is 1. The quantitative estimate of drug-likeness (QED) is 0.419. The van der Waals surface area contributed by atoms with E-state index in [1.54, 1.807) is 7.11 Å². The van der Waals surface area contributed by atoms with E-state index in [0.29, 0.717) is 11.5 Å². The number of rotatable bonds is 2. The van der Waals surface area contributed by atoms with E-state index in [-0.39, 0.29) is 0 Å². The lowest BCUT2D eigenvalue weighted by Gasteiger charge is -2.05. The van der Waals surface area contributed by atoms with Crippen LogP contribution in [0.25, 0.3) is 22.0 Å². The molecule has 0 unspecified atom stereocenters. The van der Waals surface area contributed by atoms with Crippen LogP contribution in [0.1, 0.15) is 18.1 Å². The molecule has 0 bridgehead atoms. The summed E-state index contributed by atoms with van der Waals surface area (Å²) >= 11 is 0. The zero-order valence-electron chi connectivity index (χ0n) is 13.2. The van der Waals surface area contributed by atoms with Crippen molar-refractivity contribution in [2.24, 2.45) is 5.16 Å². The van der Waals surface area contributed by atoms with Crippen molar-refractivity contribution in [3.8, 4) is 16.9 Å². The number of benzene rings is 2. The lowest BCUT2D eigenvalue weighted by molar-refractivity contribution is -0.140. The number of carbonyl (C=O) groups excluding carboxylic acids is 1. The monoisotopic (exact) mass is 318 g/mol. The van der Waals surface area contributed by atoms with E-state index >= 15 is 0 Å². The number of nitrogens with zero attached hydrogens (tertiary/aromatic N) is 2. The van der Waals surface area contributed by atoms with E-state index in [4.69, 9.17) is 9.57 Å². The Morgan fingerprint density at radius 3 is 2.71 bits per heavy atom. The molecule has 3 aromatic rings. The van der Waals surface area contributed by atoms with Crippen molar-refractivity contribution in [2.45, 2.75) is 6.92 Å². The van der Waals surface area contributed by atoms with Crippen molar-refractivity contribution < 1.29 is 14.4 Å². The van der Waals surface area contributed by atoms with Crippen molar-refractivity contribution in [3.63, 3.8) is 0 Å². The number of hydrogen-bond donors (Lipinski definition) is 0. The van der Waals surface area contributed by atoms with Gasteiger partial charge >= 0.3 is 5.97 Å². The maximum atomic E-state index is 11.2. The van der Waals surface area contributed by atoms with E-state index in [2.05, 4.69) is 10.1 Å². The van der Waals surface area contributed by atoms with Crippen LogP contribution in [0, 0.1) is 0 Å². The fourth-order valence-electron chi connectivity index (χ4n) is 3.02. The SMILES string of the molecule is COc1ccc2c(c1)/C(=N/OC(C)=O)c1c-2cnc2ccccc12. The third kappa shape index (κ3) is 2.13. The minimum atomic E-state index is -0.459. The summed E-state index contributed by atoms with van der Waals surface area (Å²) < 4.78 is 5.32. The molecule has 1 aliphatic carbocycles. The Hall–Kier alpha value is -3.21. The normalized spacial score (nSPS) is 13.7. The summed E-state index contributed by atoms with van der Waals surface area (Å²) in [7, 11) is 1.61. The van der Waals surface area contributed by atoms with Crippen LogP contribution in [0.5, 0.6) is 5.75 Å². The Kier molecular flexibility index (Phi) is 3.27. The fourth-order valence-corrected chi connectivity index (χ4v) is 3.02. The number of oxime groups is 1. The smallest absolute Gasteiger partial charge is 0.332 e. The molecule has 24 heavy (non-hydrogen) atoms. The molecule has 0 saturated carbocycles. The van der Waals surface area contributed by atoms with Crippen LogP contribution >= 0.6 is 0 Å². The topological polar surface area (TPSA) is 60.8 Å². The van der Waals surface area contributed by atoms with Crippen molar-refractivity contribution in [1.29, 1.82) is 0 Å². The highest BCUT2D eigenvalue weighted by Gasteiger charge is 2.28. The molecular formula is C19H14N2O3. The minimum absolute atomic E-state index is 0.459. The van der Waals surface area contributed by atoms with E-state index in [9.17, 15) is 4.79 Å². The molecule has 0 atom stereocenters. The number of aromatic nitrogens is 1. The van der Waals surface area contributed by atoms with Gasteiger partial charge in [0.25, 0.3) is 0 Å². The predicted molar refractivity (Wildman–Crippen MR) is 91.1 cm³/mol. The molecule has 0 saturated heterocycles. The van der Waals surface area contributed by atoms with Crippen LogP contribution < -0.4 is 4.74 Å². The van der Waals surface area contributed by atoms with Gasteiger partial charge < -0.3 is 9.57 Å². The zero-order valence-corrected chi connectivity index (χ0v) is 13.2. The largest absolute Gasteiger partial charge is 0.497 e. The maximum absolute atomic E-state index is 11.2. The highest BCUT2D eigenvalue weighted by atomic mass is 16.7. The van der Waals surface area contributed by atoms with Crippen LogP contribution in [0.15, 0.2) is 53.8 Å². The van der Waals surface area contributed by atoms with Crippen molar-refractivity contribution >= 4 is 22.6 Å². The summed E-state index contributed by atoms with van der Waals surface area (Å²) in [5.74, 6) is 0.258. The Morgan fingerprint density at radius 1 is 1.08 bits per heavy atom. The number of methoxy groups -OCH3 is 1. The molecule has 1 aromatic heterocycles. The molecule has 1 aliphatic rings. The second kappa shape index (κ2) is 5.45. The first-order valence-corrected chi connectivity index (χ1v) is 7.51. The van der Waals surface area contributed by atoms with Crippen LogP contribution in [0.3, 0.4) is 0 Å². The lowest BCUT2D eigenvalue weighted by Crippen LogP contribution is -2.03. The highest BCUT2D eigenvalue weighted by molar-refractivity contribution is 6.29. The predicted octanol–water partition coefficient (Wildman–Crippen LogP) is 3.54. The maximum Gasteiger partial charge on any atom is 0.332 e. The number of hydrogen-bond acceptors (Lipinski definition) is 5. The van der Waals surface area contributed by atoms with Gasteiger partial charge in [-0.05, 0) is 29.8 Å². The molecule has 2 aromatic carbocycles. The summed E-state index contributed by atoms with van der Waals surface area (Å²) in [6, 6.07) is 13.6. The first-order valence-electron chi connectivity index (χ1n) is 7.51. The summed E-state index contributed by atoms with van der Waals surface area (Å²) in [5, 5.41) is 5.08. The van der Waals surface area contributed by atoms with Crippen molar-refractivity contribution in [3.05, 3.63) is 59.8 Å². The van der Waals surface area contributed by atoms with E-state index in [1.807, 2.05) is 48.7 Å². The Bertz CT molecular complexity index is 1010. The van der Waals surface area contributed by atoms with Gasteiger partial charge in [0.15, 0.2) is 0 Å². The number of carbonyl (C=O) groups is 1. The second-order valence-electron chi connectivity index (χ2n) is 5.50. The minimum Gasteiger partial charge on any atom is -0.497 e. The van der Waals surface area contributed by atoms with Crippen LogP contribution in [0.2, 0.25) is 0 Å². The average molecular weight is 318 g/mol. The van der Waals surface area contributed by atoms with Gasteiger partial charge in [0.05, 0.1) is 12.6 Å². The molecular weight excluding hydrogens is 304 g/mol. The van der Waals surface area contributed by atoms with Gasteiger partial charge in [-0.25, -0.2) is 4.79 Å². The molecule has 0 N–H and O–H groups in total. The highest BCUT2D eigenvalue weighted by Crippen LogP contribution is 2.41. The van der Waals surface area contributed by atoms with Crippen molar-refractivity contribution in [2.75, 3.05) is 7.11 Å². The first-order chi connectivity index (χ1) is 11.7. The van der Waals surface area contributed by atoms with Gasteiger partial charge in [-0.3, -0.25) is 4.98 Å². The number of para-hydroxylation sites is 1. The summed E-state index contributed by atoms with van der Waals surface area (Å²) in [6.07, 6.45) is 1.83. The van der Waals surface area contributed by atoms with Gasteiger partial charge in [-0.2, -0.15) is 0 Å². The Balaban J connectivity index is 2.04. The summed E-state index contributed by atoms with van der Waals surface area (Å²) in [4.78, 5) is 20.7. The Morgan fingerprint density at radius 2 is 1.92 bits per heavy atom. The second-order valence-corrected chi connectivity index (χ2v) is 5.50. The van der Waals surface area contributed by atoms with Crippen LogP contribution in [-0.4, -0.2) is 23.8 Å². The molecule has 118 valence electrons. The number of ether oxygens (including phenoxy) is 1. The Labute approximate surface area is 138 Å². The molecule has 0 aliphatic heterocycles. The molecule has 5 nitrogen and oxygen atoms in total. The zero-order chi connectivity index (χ0) is 16.7. The first kappa shape index (κ1) is 14.4. The van der Waals surface area contributed by atoms with E-state index < -0.39 is 5.97 Å². The average Bonchev–Trinajstić information content (AvgIpc) is 2.93. The standard InChI is InChI=1S/C19H14N2O3/c1-11(22)24-21-19-15-9-12(23-2)7-8-13(15)16-10-20-17-6-4-3-5-14(17)18(16)19/h3-10H,1-2H3/b21-19-. The molecule has 0 spiro atoms. The molecule has 4 rings (SSSR count). The van der Waals surface area contributed by atoms with Crippen LogP contribution in [0.4, 0.5) is 0 Å². The van der Waals surface area contributed by atoms with Gasteiger partial charge in [0, 0.05) is 35.2 Å². The molecule has 0 amide bonds. The third-order valence-electron chi connectivity index (χ3n) is 4.05. The van der Waals surface area contributed by atoms with Crippen LogP contribution in [-0.2, 0) is 9.63 Å². The molecule has 0 radical (unpaired) electrons. The summed E-state index contributed by atoms with van der Waals surface area (Å²) in [6.45, 7) is 1.33. The van der Waals surface area contributed by atoms with Crippen molar-refractivity contribution in [1.82, 2.24) is 4.98 Å². The fraction of sp³-hybridized carbons (Fsp3) is 0.105. The van der Waals surface area contributed by atoms with Gasteiger partial charge in [0.1, 0.15) is 11.5 Å². The van der Waals surface area contributed by atoms with E-state index in [0.717, 1.165) is 33.2 Å². The molecule has 1 heterocycles. The van der Waals surface area contributed by atoms with Gasteiger partial charge in [0.2, 0.25) is 0 Å². The summed E-state index contributed by atoms with van der Waals surface area (Å²) in [5.41, 5.74) is 5.24. The van der Waals surface area contributed by atoms with Gasteiger partial charge in [-0.15, -0.1) is 0 Å². The third-order valence-corrected chi connectivity index (χ3v) is 4.05. The van der Waals surface area contributed by atoms with Gasteiger partial charge in [-0.1, -0.05) is 23.4 Å². The molecule has 0 fully saturated rings. The number of fused-ring (bicyclic) bond motifs is 5. The lowest BCUT2D eigenvalue weighted by atomic mass is 10.0. The van der Waals surface area contributed by atoms with E-state index in [1.165, 1.54) is 6.92 Å².